The highest BCUT2D eigenvalue weighted by atomic mass is 15.2. The lowest BCUT2D eigenvalue weighted by Gasteiger charge is -2.25. The second-order valence-electron chi connectivity index (χ2n) is 4.30. The van der Waals surface area contributed by atoms with Crippen LogP contribution in [0.15, 0.2) is 18.2 Å². The van der Waals surface area contributed by atoms with Gasteiger partial charge in [-0.2, -0.15) is 5.26 Å². The molecule has 15 heavy (non-hydrogen) atoms. The van der Waals surface area contributed by atoms with Crippen LogP contribution in [0, 0.1) is 18.3 Å². The number of nitriles is 1. The van der Waals surface area contributed by atoms with Crippen molar-refractivity contribution in [2.75, 3.05) is 11.4 Å². The van der Waals surface area contributed by atoms with Crippen molar-refractivity contribution in [2.45, 2.75) is 32.7 Å². The molecule has 0 spiro atoms. The van der Waals surface area contributed by atoms with Crippen LogP contribution in [0.3, 0.4) is 0 Å². The molecule has 0 N–H and O–H groups in total. The molecule has 0 saturated carbocycles. The van der Waals surface area contributed by atoms with Gasteiger partial charge in [0.2, 0.25) is 0 Å². The molecule has 0 unspecified atom stereocenters. The standard InChI is InChI=1S/C13H16N2/c1-10-8-12(9-14)5-6-13(10)15-7-3-4-11(15)2/h5-6,8,11H,3-4,7H2,1-2H3/t11-/m0/s1. The Morgan fingerprint density at radius 3 is 2.80 bits per heavy atom. The minimum Gasteiger partial charge on any atom is -0.369 e. The van der Waals surface area contributed by atoms with E-state index in [9.17, 15) is 0 Å². The largest absolute Gasteiger partial charge is 0.369 e. The summed E-state index contributed by atoms with van der Waals surface area (Å²) >= 11 is 0. The summed E-state index contributed by atoms with van der Waals surface area (Å²) in [6, 6.07) is 8.78. The maximum Gasteiger partial charge on any atom is 0.0991 e. The van der Waals surface area contributed by atoms with Gasteiger partial charge in [0.1, 0.15) is 0 Å². The van der Waals surface area contributed by atoms with E-state index in [0.29, 0.717) is 6.04 Å². The Bertz CT molecular complexity index is 403. The molecule has 2 heteroatoms. The molecule has 1 heterocycles. The molecule has 0 amide bonds. The van der Waals surface area contributed by atoms with Crippen molar-refractivity contribution in [3.63, 3.8) is 0 Å². The van der Waals surface area contributed by atoms with E-state index in [0.717, 1.165) is 12.1 Å². The van der Waals surface area contributed by atoms with Gasteiger partial charge in [-0.05, 0) is 50.5 Å². The van der Waals surface area contributed by atoms with Crippen LogP contribution in [0.4, 0.5) is 5.69 Å². The number of hydrogen-bond donors (Lipinski definition) is 0. The highest BCUT2D eigenvalue weighted by Crippen LogP contribution is 2.28. The Balaban J connectivity index is 2.33. The molecule has 0 aromatic heterocycles. The molecule has 1 aromatic carbocycles. The summed E-state index contributed by atoms with van der Waals surface area (Å²) in [5, 5.41) is 8.81. The molecule has 0 radical (unpaired) electrons. The Hall–Kier alpha value is -1.49. The fourth-order valence-corrected chi connectivity index (χ4v) is 2.34. The summed E-state index contributed by atoms with van der Waals surface area (Å²) in [6.07, 6.45) is 2.56. The predicted octanol–water partition coefficient (Wildman–Crippen LogP) is 2.86. The summed E-state index contributed by atoms with van der Waals surface area (Å²) in [5.41, 5.74) is 3.25. The lowest BCUT2D eigenvalue weighted by Crippen LogP contribution is -2.26. The first-order chi connectivity index (χ1) is 7.22. The number of anilines is 1. The quantitative estimate of drug-likeness (QED) is 0.697. The van der Waals surface area contributed by atoms with E-state index >= 15 is 0 Å². The van der Waals surface area contributed by atoms with Gasteiger partial charge in [-0.25, -0.2) is 0 Å². The average Bonchev–Trinajstić information content (AvgIpc) is 2.64. The molecule has 0 aliphatic carbocycles. The molecular formula is C13H16N2. The van der Waals surface area contributed by atoms with E-state index in [4.69, 9.17) is 5.26 Å². The monoisotopic (exact) mass is 200 g/mol. The fourth-order valence-electron chi connectivity index (χ4n) is 2.34. The van der Waals surface area contributed by atoms with Gasteiger partial charge in [-0.1, -0.05) is 0 Å². The zero-order chi connectivity index (χ0) is 10.8. The van der Waals surface area contributed by atoms with Crippen LogP contribution in [0.1, 0.15) is 30.9 Å². The van der Waals surface area contributed by atoms with Crippen molar-refractivity contribution >= 4 is 5.69 Å². The zero-order valence-corrected chi connectivity index (χ0v) is 9.33. The number of benzene rings is 1. The van der Waals surface area contributed by atoms with E-state index in [1.165, 1.54) is 24.1 Å². The molecular weight excluding hydrogens is 184 g/mol. The minimum absolute atomic E-state index is 0.636. The van der Waals surface area contributed by atoms with Crippen LogP contribution in [0.2, 0.25) is 0 Å². The third-order valence-corrected chi connectivity index (χ3v) is 3.19. The Kier molecular flexibility index (Phi) is 2.64. The first-order valence-electron chi connectivity index (χ1n) is 5.50. The van der Waals surface area contributed by atoms with Crippen LogP contribution in [-0.2, 0) is 0 Å². The Morgan fingerprint density at radius 2 is 2.27 bits per heavy atom. The van der Waals surface area contributed by atoms with E-state index in [1.807, 2.05) is 12.1 Å². The van der Waals surface area contributed by atoms with Gasteiger partial charge in [0.05, 0.1) is 11.6 Å². The van der Waals surface area contributed by atoms with Crippen LogP contribution in [0.5, 0.6) is 0 Å². The van der Waals surface area contributed by atoms with Gasteiger partial charge < -0.3 is 4.90 Å². The topological polar surface area (TPSA) is 27.0 Å². The van der Waals surface area contributed by atoms with E-state index in [1.54, 1.807) is 0 Å². The smallest absolute Gasteiger partial charge is 0.0991 e. The molecule has 1 aliphatic rings. The van der Waals surface area contributed by atoms with Gasteiger partial charge in [0, 0.05) is 18.3 Å². The van der Waals surface area contributed by atoms with Crippen molar-refractivity contribution in [3.05, 3.63) is 29.3 Å². The van der Waals surface area contributed by atoms with Crippen molar-refractivity contribution in [3.8, 4) is 6.07 Å². The summed E-state index contributed by atoms with van der Waals surface area (Å²) < 4.78 is 0. The number of aryl methyl sites for hydroxylation is 1. The molecule has 1 aromatic rings. The Labute approximate surface area is 91.1 Å². The SMILES string of the molecule is Cc1cc(C#N)ccc1N1CCC[C@@H]1C. The molecule has 0 bridgehead atoms. The normalized spacial score (nSPS) is 20.3. The van der Waals surface area contributed by atoms with Crippen molar-refractivity contribution in [1.29, 1.82) is 5.26 Å². The predicted molar refractivity (Wildman–Crippen MR) is 61.9 cm³/mol. The number of rotatable bonds is 1. The lowest BCUT2D eigenvalue weighted by atomic mass is 10.1. The maximum atomic E-state index is 8.81. The van der Waals surface area contributed by atoms with E-state index in [2.05, 4.69) is 30.9 Å². The summed E-state index contributed by atoms with van der Waals surface area (Å²) in [7, 11) is 0. The van der Waals surface area contributed by atoms with Gasteiger partial charge in [0.15, 0.2) is 0 Å². The average molecular weight is 200 g/mol. The molecule has 2 nitrogen and oxygen atoms in total. The molecule has 78 valence electrons. The summed E-state index contributed by atoms with van der Waals surface area (Å²) in [4.78, 5) is 2.44. The van der Waals surface area contributed by atoms with Gasteiger partial charge in [-0.15, -0.1) is 0 Å². The molecule has 1 fully saturated rings. The van der Waals surface area contributed by atoms with Gasteiger partial charge in [-0.3, -0.25) is 0 Å². The zero-order valence-electron chi connectivity index (χ0n) is 9.33. The molecule has 2 rings (SSSR count). The second kappa shape index (κ2) is 3.94. The van der Waals surface area contributed by atoms with Crippen molar-refractivity contribution < 1.29 is 0 Å². The summed E-state index contributed by atoms with van der Waals surface area (Å²) in [6.45, 7) is 5.50. The third kappa shape index (κ3) is 1.83. The Morgan fingerprint density at radius 1 is 1.47 bits per heavy atom. The third-order valence-electron chi connectivity index (χ3n) is 3.19. The fraction of sp³-hybridized carbons (Fsp3) is 0.462. The minimum atomic E-state index is 0.636. The van der Waals surface area contributed by atoms with Crippen LogP contribution in [-0.4, -0.2) is 12.6 Å². The maximum absolute atomic E-state index is 8.81. The van der Waals surface area contributed by atoms with E-state index in [-0.39, 0.29) is 0 Å². The van der Waals surface area contributed by atoms with E-state index < -0.39 is 0 Å². The molecule has 1 aliphatic heterocycles. The van der Waals surface area contributed by atoms with Crippen molar-refractivity contribution in [2.24, 2.45) is 0 Å². The first-order valence-corrected chi connectivity index (χ1v) is 5.50. The van der Waals surface area contributed by atoms with Gasteiger partial charge >= 0.3 is 0 Å². The lowest BCUT2D eigenvalue weighted by molar-refractivity contribution is 0.733. The van der Waals surface area contributed by atoms with Crippen LogP contribution < -0.4 is 4.90 Å². The highest BCUT2D eigenvalue weighted by Gasteiger charge is 2.21. The van der Waals surface area contributed by atoms with Crippen LogP contribution >= 0.6 is 0 Å². The summed E-state index contributed by atoms with van der Waals surface area (Å²) in [5.74, 6) is 0. The number of hydrogen-bond acceptors (Lipinski definition) is 2. The number of nitrogens with zero attached hydrogens (tertiary/aromatic N) is 2. The first kappa shape index (κ1) is 10.0. The van der Waals surface area contributed by atoms with Crippen molar-refractivity contribution in [1.82, 2.24) is 0 Å². The van der Waals surface area contributed by atoms with Gasteiger partial charge in [0.25, 0.3) is 0 Å². The van der Waals surface area contributed by atoms with Crippen LogP contribution in [0.25, 0.3) is 0 Å². The second-order valence-corrected chi connectivity index (χ2v) is 4.30. The molecule has 1 atom stereocenters. The highest BCUT2D eigenvalue weighted by molar-refractivity contribution is 5.57. The molecule has 1 saturated heterocycles.